The van der Waals surface area contributed by atoms with Crippen molar-refractivity contribution in [2.45, 2.75) is 38.3 Å². The van der Waals surface area contributed by atoms with Crippen molar-refractivity contribution in [1.29, 1.82) is 0 Å². The van der Waals surface area contributed by atoms with Crippen molar-refractivity contribution in [3.8, 4) is 11.5 Å². The lowest BCUT2D eigenvalue weighted by molar-refractivity contribution is -0.274. The Morgan fingerprint density at radius 3 is 2.83 bits per heavy atom. The number of amides is 1. The molecule has 4 aromatic rings. The van der Waals surface area contributed by atoms with E-state index in [0.29, 0.717) is 53.1 Å². The summed E-state index contributed by atoms with van der Waals surface area (Å²) in [7, 11) is 0. The van der Waals surface area contributed by atoms with Crippen LogP contribution in [0.1, 0.15) is 40.8 Å². The van der Waals surface area contributed by atoms with Crippen LogP contribution in [-0.4, -0.2) is 49.2 Å². The summed E-state index contributed by atoms with van der Waals surface area (Å²) >= 11 is 0. The van der Waals surface area contributed by atoms with Gasteiger partial charge in [0.05, 0.1) is 24.0 Å². The molecular formula is C23H19F3N6O3. The standard InChI is InChI=1S/C23H19F3N6O3/c1-11-28-10-17-21(27)30-15-9-29-14(8-16(15)32(11)17)22(33)31-6-2-3-18-20(31)13-5-4-12(7-19(13)34-18)35-23(24,25)26/h4-5,7-10,18,20H,2-3,6H2,1H3,(H2,27,30). The van der Waals surface area contributed by atoms with E-state index < -0.39 is 12.4 Å². The number of piperidine rings is 1. The molecule has 1 saturated heterocycles. The lowest BCUT2D eigenvalue weighted by Gasteiger charge is -2.36. The number of halogens is 3. The van der Waals surface area contributed by atoms with Crippen molar-refractivity contribution < 1.29 is 27.4 Å². The van der Waals surface area contributed by atoms with Crippen LogP contribution in [0.5, 0.6) is 11.5 Å². The molecule has 2 aliphatic heterocycles. The highest BCUT2D eigenvalue weighted by molar-refractivity contribution is 5.96. The molecule has 1 aromatic carbocycles. The fourth-order valence-electron chi connectivity index (χ4n) is 4.98. The fraction of sp³-hybridized carbons (Fsp3) is 0.304. The van der Waals surface area contributed by atoms with Crippen LogP contribution < -0.4 is 15.2 Å². The second kappa shape index (κ2) is 7.45. The number of likely N-dealkylation sites (tertiary alicyclic amines) is 1. The van der Waals surface area contributed by atoms with Crippen LogP contribution in [0, 0.1) is 6.92 Å². The van der Waals surface area contributed by atoms with Gasteiger partial charge in [0.2, 0.25) is 0 Å². The van der Waals surface area contributed by atoms with Gasteiger partial charge >= 0.3 is 6.36 Å². The number of aryl methyl sites for hydroxylation is 1. The maximum absolute atomic E-state index is 13.6. The van der Waals surface area contributed by atoms with Gasteiger partial charge in [0.25, 0.3) is 5.91 Å². The van der Waals surface area contributed by atoms with Gasteiger partial charge in [0.15, 0.2) is 0 Å². The first-order valence-corrected chi connectivity index (χ1v) is 11.0. The lowest BCUT2D eigenvalue weighted by Crippen LogP contribution is -2.44. The molecule has 0 bridgehead atoms. The van der Waals surface area contributed by atoms with Crippen LogP contribution in [0.15, 0.2) is 36.7 Å². The number of fused-ring (bicyclic) bond motifs is 6. The zero-order valence-corrected chi connectivity index (χ0v) is 18.4. The zero-order valence-electron chi connectivity index (χ0n) is 18.4. The number of nitrogens with two attached hydrogens (primary N) is 1. The number of aromatic nitrogens is 4. The van der Waals surface area contributed by atoms with Gasteiger partial charge in [-0.25, -0.2) is 15.0 Å². The Balaban J connectivity index is 1.38. The molecule has 180 valence electrons. The molecule has 0 spiro atoms. The maximum Gasteiger partial charge on any atom is 0.573 e. The molecule has 12 heteroatoms. The van der Waals surface area contributed by atoms with Crippen LogP contribution in [0.3, 0.4) is 0 Å². The summed E-state index contributed by atoms with van der Waals surface area (Å²) in [6, 6.07) is 5.19. The van der Waals surface area contributed by atoms with Gasteiger partial charge in [-0.3, -0.25) is 9.20 Å². The highest BCUT2D eigenvalue weighted by atomic mass is 19.4. The summed E-state index contributed by atoms with van der Waals surface area (Å²) in [5.41, 5.74) is 8.69. The van der Waals surface area contributed by atoms with Crippen molar-refractivity contribution in [2.75, 3.05) is 12.3 Å². The van der Waals surface area contributed by atoms with E-state index in [9.17, 15) is 18.0 Å². The van der Waals surface area contributed by atoms with E-state index in [1.54, 1.807) is 17.2 Å². The van der Waals surface area contributed by atoms with Gasteiger partial charge in [-0.15, -0.1) is 13.2 Å². The van der Waals surface area contributed by atoms with E-state index in [2.05, 4.69) is 19.7 Å². The second-order valence-electron chi connectivity index (χ2n) is 8.57. The average Bonchev–Trinajstić information content (AvgIpc) is 3.38. The molecule has 3 aromatic heterocycles. The quantitative estimate of drug-likeness (QED) is 0.461. The largest absolute Gasteiger partial charge is 0.573 e. The molecule has 2 aliphatic rings. The number of anilines is 1. The first kappa shape index (κ1) is 21.4. The zero-order chi connectivity index (χ0) is 24.5. The number of rotatable bonds is 2. The summed E-state index contributed by atoms with van der Waals surface area (Å²) < 4.78 is 49.7. The third-order valence-electron chi connectivity index (χ3n) is 6.42. The Kier molecular flexibility index (Phi) is 4.57. The molecule has 2 N–H and O–H groups in total. The molecule has 2 atom stereocenters. The van der Waals surface area contributed by atoms with Gasteiger partial charge in [-0.1, -0.05) is 0 Å². The van der Waals surface area contributed by atoms with E-state index in [0.717, 1.165) is 0 Å². The number of imidazole rings is 1. The third-order valence-corrected chi connectivity index (χ3v) is 6.42. The normalized spacial score (nSPS) is 19.5. The minimum Gasteiger partial charge on any atom is -0.487 e. The molecule has 1 amide bonds. The first-order valence-electron chi connectivity index (χ1n) is 11.0. The molecule has 0 saturated carbocycles. The third kappa shape index (κ3) is 3.47. The minimum atomic E-state index is -4.80. The van der Waals surface area contributed by atoms with Crippen LogP contribution in [-0.2, 0) is 0 Å². The molecule has 5 heterocycles. The number of hydrogen-bond acceptors (Lipinski definition) is 7. The van der Waals surface area contributed by atoms with E-state index in [1.165, 1.54) is 24.4 Å². The van der Waals surface area contributed by atoms with Gasteiger partial charge in [-0.2, -0.15) is 0 Å². The molecule has 9 nitrogen and oxygen atoms in total. The summed E-state index contributed by atoms with van der Waals surface area (Å²) in [5, 5.41) is 0. The van der Waals surface area contributed by atoms with Crippen LogP contribution >= 0.6 is 0 Å². The second-order valence-corrected chi connectivity index (χ2v) is 8.57. The number of nitrogens with zero attached hydrogens (tertiary/aromatic N) is 5. The molecule has 6 rings (SSSR count). The lowest BCUT2D eigenvalue weighted by atomic mass is 9.94. The smallest absolute Gasteiger partial charge is 0.487 e. The van der Waals surface area contributed by atoms with Crippen molar-refractivity contribution in [1.82, 2.24) is 24.3 Å². The van der Waals surface area contributed by atoms with E-state index in [4.69, 9.17) is 10.5 Å². The molecular weight excluding hydrogens is 465 g/mol. The summed E-state index contributed by atoms with van der Waals surface area (Å²) in [4.78, 5) is 28.3. The number of hydrogen-bond donors (Lipinski definition) is 1. The number of ether oxygens (including phenoxy) is 2. The highest BCUT2D eigenvalue weighted by Crippen LogP contribution is 2.46. The average molecular weight is 484 g/mol. The summed E-state index contributed by atoms with van der Waals surface area (Å²) in [6.45, 7) is 2.29. The Bertz CT molecular complexity index is 1500. The van der Waals surface area contributed by atoms with E-state index >= 15 is 0 Å². The monoisotopic (exact) mass is 484 g/mol. The van der Waals surface area contributed by atoms with E-state index in [1.807, 2.05) is 11.3 Å². The van der Waals surface area contributed by atoms with Crippen LogP contribution in [0.25, 0.3) is 16.6 Å². The number of nitrogen functional groups attached to an aromatic ring is 1. The maximum atomic E-state index is 13.6. The first-order chi connectivity index (χ1) is 16.7. The van der Waals surface area contributed by atoms with Crippen molar-refractivity contribution >= 4 is 28.3 Å². The number of carbonyl (C=O) groups excluding carboxylic acids is 1. The molecule has 0 aliphatic carbocycles. The Morgan fingerprint density at radius 1 is 1.20 bits per heavy atom. The molecule has 1 fully saturated rings. The Labute approximate surface area is 196 Å². The SMILES string of the molecule is Cc1ncc2c(N)nc3cnc(C(=O)N4CCCC5Oc6cc(OC(F)(F)F)ccc6C54)cc3n12. The number of benzene rings is 1. The summed E-state index contributed by atoms with van der Waals surface area (Å²) in [5.74, 6) is 0.610. The van der Waals surface area contributed by atoms with E-state index in [-0.39, 0.29) is 29.2 Å². The van der Waals surface area contributed by atoms with Crippen molar-refractivity contribution in [3.63, 3.8) is 0 Å². The molecule has 0 radical (unpaired) electrons. The minimum absolute atomic E-state index is 0.213. The highest BCUT2D eigenvalue weighted by Gasteiger charge is 2.44. The topological polar surface area (TPSA) is 108 Å². The number of carbonyl (C=O) groups is 1. The van der Waals surface area contributed by atoms with Crippen LogP contribution in [0.2, 0.25) is 0 Å². The van der Waals surface area contributed by atoms with Crippen molar-refractivity contribution in [2.24, 2.45) is 0 Å². The van der Waals surface area contributed by atoms with Crippen LogP contribution in [0.4, 0.5) is 19.0 Å². The predicted molar refractivity (Wildman–Crippen MR) is 118 cm³/mol. The molecule has 2 unspecified atom stereocenters. The van der Waals surface area contributed by atoms with Gasteiger partial charge < -0.3 is 20.1 Å². The summed E-state index contributed by atoms with van der Waals surface area (Å²) in [6.07, 6.45) is -0.697. The predicted octanol–water partition coefficient (Wildman–Crippen LogP) is 3.81. The number of alkyl halides is 3. The van der Waals surface area contributed by atoms with Crippen molar-refractivity contribution in [3.05, 3.63) is 53.7 Å². The van der Waals surface area contributed by atoms with Gasteiger partial charge in [-0.05, 0) is 38.0 Å². The molecule has 35 heavy (non-hydrogen) atoms. The Hall–Kier alpha value is -4.09. The van der Waals surface area contributed by atoms with Gasteiger partial charge in [0, 0.05) is 18.2 Å². The number of pyridine rings is 1. The Morgan fingerprint density at radius 2 is 2.03 bits per heavy atom. The van der Waals surface area contributed by atoms with Gasteiger partial charge in [0.1, 0.15) is 46.0 Å². The fourth-order valence-corrected chi connectivity index (χ4v) is 4.98.